The molecule has 0 amide bonds. The van der Waals surface area contributed by atoms with E-state index in [1.54, 1.807) is 6.92 Å². The SMILES string of the molecule is COC(=O)[C@]1(COCc2ccccc2)O[C@@H](n2cc(C)c(=O)[nH]c2=O)[C@H](N)[C@@H]1OCc1ccccc1. The predicted octanol–water partition coefficient (Wildman–Crippen LogP) is 1.42. The molecule has 1 aromatic heterocycles. The van der Waals surface area contributed by atoms with Gasteiger partial charge in [-0.05, 0) is 18.1 Å². The van der Waals surface area contributed by atoms with E-state index >= 15 is 0 Å². The van der Waals surface area contributed by atoms with E-state index in [0.29, 0.717) is 0 Å². The molecule has 1 aliphatic heterocycles. The first-order valence-corrected chi connectivity index (χ1v) is 11.5. The molecule has 190 valence electrons. The molecule has 2 heterocycles. The molecule has 0 spiro atoms. The second-order valence-electron chi connectivity index (χ2n) is 8.64. The zero-order chi connectivity index (χ0) is 25.7. The van der Waals surface area contributed by atoms with Gasteiger partial charge in [0, 0.05) is 11.8 Å². The summed E-state index contributed by atoms with van der Waals surface area (Å²) < 4.78 is 24.5. The van der Waals surface area contributed by atoms with E-state index in [1.165, 1.54) is 13.3 Å². The summed E-state index contributed by atoms with van der Waals surface area (Å²) in [6, 6.07) is 17.8. The number of H-pyrrole nitrogens is 1. The number of methoxy groups -OCH3 is 1. The highest BCUT2D eigenvalue weighted by molar-refractivity contribution is 5.81. The molecule has 0 unspecified atom stereocenters. The van der Waals surface area contributed by atoms with Gasteiger partial charge in [0.05, 0.1) is 33.0 Å². The van der Waals surface area contributed by atoms with Crippen LogP contribution in [0.5, 0.6) is 0 Å². The number of benzene rings is 2. The molecule has 3 N–H and O–H groups in total. The summed E-state index contributed by atoms with van der Waals surface area (Å²) in [6.45, 7) is 1.64. The Morgan fingerprint density at radius 3 is 2.28 bits per heavy atom. The molecule has 0 radical (unpaired) electrons. The van der Waals surface area contributed by atoms with Gasteiger partial charge in [0.1, 0.15) is 6.10 Å². The van der Waals surface area contributed by atoms with Gasteiger partial charge in [-0.2, -0.15) is 0 Å². The number of carbonyl (C=O) groups is 1. The fraction of sp³-hybridized carbons (Fsp3) is 0.346. The summed E-state index contributed by atoms with van der Waals surface area (Å²) in [5.41, 5.74) is 5.57. The highest BCUT2D eigenvalue weighted by Crippen LogP contribution is 2.39. The lowest BCUT2D eigenvalue weighted by molar-refractivity contribution is -0.197. The maximum Gasteiger partial charge on any atom is 0.343 e. The molecule has 36 heavy (non-hydrogen) atoms. The van der Waals surface area contributed by atoms with Crippen LogP contribution in [0, 0.1) is 6.92 Å². The summed E-state index contributed by atoms with van der Waals surface area (Å²) in [7, 11) is 1.23. The number of nitrogens with one attached hydrogen (secondary N) is 1. The number of carbonyl (C=O) groups excluding carboxylic acids is 1. The first-order valence-electron chi connectivity index (χ1n) is 11.5. The van der Waals surface area contributed by atoms with Crippen LogP contribution in [0.4, 0.5) is 0 Å². The highest BCUT2D eigenvalue weighted by atomic mass is 16.6. The van der Waals surface area contributed by atoms with E-state index in [2.05, 4.69) is 4.98 Å². The van der Waals surface area contributed by atoms with Gasteiger partial charge in [-0.3, -0.25) is 14.3 Å². The topological polar surface area (TPSA) is 135 Å². The van der Waals surface area contributed by atoms with Crippen LogP contribution >= 0.6 is 0 Å². The number of rotatable bonds is 9. The third kappa shape index (κ3) is 5.17. The van der Waals surface area contributed by atoms with Gasteiger partial charge >= 0.3 is 11.7 Å². The third-order valence-corrected chi connectivity index (χ3v) is 6.12. The van der Waals surface area contributed by atoms with Crippen molar-refractivity contribution in [2.45, 2.75) is 44.1 Å². The van der Waals surface area contributed by atoms with Gasteiger partial charge in [0.25, 0.3) is 5.56 Å². The lowest BCUT2D eigenvalue weighted by Gasteiger charge is -2.31. The van der Waals surface area contributed by atoms with E-state index in [4.69, 9.17) is 24.7 Å². The number of esters is 1. The molecule has 10 nitrogen and oxygen atoms in total. The van der Waals surface area contributed by atoms with Crippen LogP contribution in [0.2, 0.25) is 0 Å². The third-order valence-electron chi connectivity index (χ3n) is 6.12. The summed E-state index contributed by atoms with van der Waals surface area (Å²) in [4.78, 5) is 40.0. The number of nitrogens with zero attached hydrogens (tertiary/aromatic N) is 1. The Balaban J connectivity index is 1.69. The molecule has 1 fully saturated rings. The molecule has 4 rings (SSSR count). The second-order valence-corrected chi connectivity index (χ2v) is 8.64. The summed E-state index contributed by atoms with van der Waals surface area (Å²) in [5, 5.41) is 0. The average molecular weight is 496 g/mol. The van der Waals surface area contributed by atoms with Crippen LogP contribution in [0.15, 0.2) is 76.4 Å². The Hall–Kier alpha value is -3.57. The highest BCUT2D eigenvalue weighted by Gasteiger charge is 2.61. The van der Waals surface area contributed by atoms with Crippen LogP contribution < -0.4 is 17.0 Å². The largest absolute Gasteiger partial charge is 0.467 e. The van der Waals surface area contributed by atoms with Crippen LogP contribution in [0.25, 0.3) is 0 Å². The van der Waals surface area contributed by atoms with Gasteiger partial charge in [-0.1, -0.05) is 60.7 Å². The number of hydrogen-bond donors (Lipinski definition) is 2. The summed E-state index contributed by atoms with van der Waals surface area (Å²) in [6.07, 6.45) is -0.823. The zero-order valence-corrected chi connectivity index (χ0v) is 20.1. The van der Waals surface area contributed by atoms with E-state index in [1.807, 2.05) is 60.7 Å². The van der Waals surface area contributed by atoms with Crippen molar-refractivity contribution < 1.29 is 23.7 Å². The molecule has 4 atom stereocenters. The first kappa shape index (κ1) is 25.5. The molecule has 0 aliphatic carbocycles. The first-order chi connectivity index (χ1) is 17.4. The molecule has 1 aliphatic rings. The number of ether oxygens (including phenoxy) is 4. The van der Waals surface area contributed by atoms with E-state index in [9.17, 15) is 14.4 Å². The lowest BCUT2D eigenvalue weighted by Crippen LogP contribution is -2.56. The fourth-order valence-corrected chi connectivity index (χ4v) is 4.25. The molecule has 3 aromatic rings. The minimum absolute atomic E-state index is 0.131. The molecular weight excluding hydrogens is 466 g/mol. The second kappa shape index (κ2) is 11.0. The standard InChI is InChI=1S/C26H29N3O7/c1-17-13-29(25(32)28-22(17)30)23-20(27)21(35-15-19-11-7-4-8-12-19)26(36-23,24(31)33-2)16-34-14-18-9-5-3-6-10-18/h3-13,20-21,23H,14-16,27H2,1-2H3,(H,28,30,32)/t20-,21+,23-,26-/m1/s1. The van der Waals surface area contributed by atoms with Crippen molar-refractivity contribution in [3.63, 3.8) is 0 Å². The summed E-state index contributed by atoms with van der Waals surface area (Å²) >= 11 is 0. The molecule has 0 bridgehead atoms. The smallest absolute Gasteiger partial charge is 0.343 e. The number of aryl methyl sites for hydroxylation is 1. The summed E-state index contributed by atoms with van der Waals surface area (Å²) in [5.74, 6) is -0.749. The molecule has 2 aromatic carbocycles. The minimum Gasteiger partial charge on any atom is -0.467 e. The van der Waals surface area contributed by atoms with E-state index < -0.39 is 41.2 Å². The minimum atomic E-state index is -1.77. The van der Waals surface area contributed by atoms with Gasteiger partial charge in [0.2, 0.25) is 5.60 Å². The molecule has 10 heteroatoms. The number of aromatic nitrogens is 2. The molecular formula is C26H29N3O7. The van der Waals surface area contributed by atoms with Crippen molar-refractivity contribution >= 4 is 5.97 Å². The van der Waals surface area contributed by atoms with Gasteiger partial charge < -0.3 is 24.7 Å². The van der Waals surface area contributed by atoms with Crippen LogP contribution in [-0.2, 0) is 37.0 Å². The van der Waals surface area contributed by atoms with Crippen molar-refractivity contribution in [3.05, 3.63) is 104 Å². The van der Waals surface area contributed by atoms with Crippen molar-refractivity contribution in [1.82, 2.24) is 9.55 Å². The van der Waals surface area contributed by atoms with Crippen LogP contribution in [0.1, 0.15) is 22.9 Å². The Morgan fingerprint density at radius 2 is 1.67 bits per heavy atom. The number of aromatic amines is 1. The average Bonchev–Trinajstić information content (AvgIpc) is 3.17. The maximum absolute atomic E-state index is 13.2. The Kier molecular flexibility index (Phi) is 7.80. The molecule has 0 saturated carbocycles. The number of nitrogens with two attached hydrogens (primary N) is 1. The Morgan fingerprint density at radius 1 is 1.06 bits per heavy atom. The van der Waals surface area contributed by atoms with Crippen LogP contribution in [-0.4, -0.2) is 47.0 Å². The van der Waals surface area contributed by atoms with E-state index in [-0.39, 0.29) is 25.4 Å². The fourth-order valence-electron chi connectivity index (χ4n) is 4.25. The van der Waals surface area contributed by atoms with E-state index in [0.717, 1.165) is 15.7 Å². The zero-order valence-electron chi connectivity index (χ0n) is 20.1. The van der Waals surface area contributed by atoms with Crippen molar-refractivity contribution in [2.75, 3.05) is 13.7 Å². The van der Waals surface area contributed by atoms with Crippen LogP contribution in [0.3, 0.4) is 0 Å². The molecule has 1 saturated heterocycles. The van der Waals surface area contributed by atoms with Gasteiger partial charge in [-0.15, -0.1) is 0 Å². The van der Waals surface area contributed by atoms with Crippen molar-refractivity contribution in [2.24, 2.45) is 5.73 Å². The predicted molar refractivity (Wildman–Crippen MR) is 130 cm³/mol. The van der Waals surface area contributed by atoms with Crippen molar-refractivity contribution in [3.8, 4) is 0 Å². The maximum atomic E-state index is 13.2. The Labute approximate surface area is 207 Å². The number of hydrogen-bond acceptors (Lipinski definition) is 8. The normalized spacial score (nSPS) is 23.5. The van der Waals surface area contributed by atoms with Gasteiger partial charge in [0.15, 0.2) is 6.23 Å². The van der Waals surface area contributed by atoms with Crippen molar-refractivity contribution in [1.29, 1.82) is 0 Å². The van der Waals surface area contributed by atoms with Gasteiger partial charge in [-0.25, -0.2) is 9.59 Å². The monoisotopic (exact) mass is 495 g/mol. The lowest BCUT2D eigenvalue weighted by atomic mass is 9.94. The quantitative estimate of drug-likeness (QED) is 0.426. The Bertz CT molecular complexity index is 1290.